The fourth-order valence-electron chi connectivity index (χ4n) is 1.82. The van der Waals surface area contributed by atoms with E-state index in [4.69, 9.17) is 0 Å². The van der Waals surface area contributed by atoms with Crippen LogP contribution in [0.3, 0.4) is 0 Å². The van der Waals surface area contributed by atoms with Gasteiger partial charge < -0.3 is 15.4 Å². The lowest BCUT2D eigenvalue weighted by Crippen LogP contribution is -2.51. The summed E-state index contributed by atoms with van der Waals surface area (Å²) < 4.78 is 4.52. The summed E-state index contributed by atoms with van der Waals surface area (Å²) in [5.74, 6) is 0.366. The Balaban J connectivity index is 4.43. The highest BCUT2D eigenvalue weighted by Crippen LogP contribution is 2.07. The molecule has 0 aliphatic rings. The van der Waals surface area contributed by atoms with Gasteiger partial charge in [-0.3, -0.25) is 4.79 Å². The van der Waals surface area contributed by atoms with Crippen LogP contribution in [0.15, 0.2) is 0 Å². The average molecular weight is 258 g/mol. The zero-order valence-electron chi connectivity index (χ0n) is 12.2. The van der Waals surface area contributed by atoms with E-state index < -0.39 is 12.1 Å². The van der Waals surface area contributed by atoms with Gasteiger partial charge in [-0.1, -0.05) is 27.7 Å². The SMILES string of the molecule is COC(=O)N[C@@H](C(=O)N[C@H](C)CC(C)C)C(C)C. The minimum absolute atomic E-state index is 0.00958. The second-order valence-electron chi connectivity index (χ2n) is 5.40. The van der Waals surface area contributed by atoms with E-state index in [1.165, 1.54) is 7.11 Å². The molecule has 18 heavy (non-hydrogen) atoms. The van der Waals surface area contributed by atoms with Crippen molar-refractivity contribution >= 4 is 12.0 Å². The lowest BCUT2D eigenvalue weighted by atomic mass is 10.0. The van der Waals surface area contributed by atoms with Crippen molar-refractivity contribution in [2.75, 3.05) is 7.11 Å². The molecule has 5 nitrogen and oxygen atoms in total. The molecule has 0 bridgehead atoms. The smallest absolute Gasteiger partial charge is 0.407 e. The Labute approximate surface area is 110 Å². The second kappa shape index (κ2) is 7.95. The van der Waals surface area contributed by atoms with E-state index in [2.05, 4.69) is 29.2 Å². The van der Waals surface area contributed by atoms with Gasteiger partial charge in [-0.05, 0) is 25.2 Å². The normalized spacial score (nSPS) is 14.2. The summed E-state index contributed by atoms with van der Waals surface area (Å²) in [4.78, 5) is 23.2. The van der Waals surface area contributed by atoms with Crippen LogP contribution in [0.4, 0.5) is 4.79 Å². The Morgan fingerprint density at radius 1 is 1.06 bits per heavy atom. The Hall–Kier alpha value is -1.26. The van der Waals surface area contributed by atoms with E-state index in [1.807, 2.05) is 20.8 Å². The van der Waals surface area contributed by atoms with Crippen LogP contribution in [-0.2, 0) is 9.53 Å². The first-order valence-corrected chi connectivity index (χ1v) is 6.42. The number of hydrogen-bond donors (Lipinski definition) is 2. The summed E-state index contributed by atoms with van der Waals surface area (Å²) in [6.45, 7) is 9.94. The van der Waals surface area contributed by atoms with Crippen molar-refractivity contribution in [3.8, 4) is 0 Å². The average Bonchev–Trinajstić information content (AvgIpc) is 2.23. The molecular formula is C13H26N2O3. The Morgan fingerprint density at radius 2 is 1.61 bits per heavy atom. The molecule has 0 aromatic carbocycles. The molecule has 0 heterocycles. The van der Waals surface area contributed by atoms with Crippen LogP contribution in [0.2, 0.25) is 0 Å². The zero-order chi connectivity index (χ0) is 14.3. The second-order valence-corrected chi connectivity index (χ2v) is 5.40. The highest BCUT2D eigenvalue weighted by molar-refractivity contribution is 5.86. The van der Waals surface area contributed by atoms with Gasteiger partial charge in [0.1, 0.15) is 6.04 Å². The number of alkyl carbamates (subject to hydrolysis) is 1. The monoisotopic (exact) mass is 258 g/mol. The predicted molar refractivity (Wildman–Crippen MR) is 71.2 cm³/mol. The fraction of sp³-hybridized carbons (Fsp3) is 0.846. The van der Waals surface area contributed by atoms with E-state index in [0.717, 1.165) is 6.42 Å². The Bertz CT molecular complexity index is 277. The standard InChI is InChI=1S/C13H26N2O3/c1-8(2)7-10(5)14-12(16)11(9(3)4)15-13(17)18-6/h8-11H,7H2,1-6H3,(H,14,16)(H,15,17)/t10-,11-/m1/s1. The molecule has 0 saturated carbocycles. The fourth-order valence-corrected chi connectivity index (χ4v) is 1.82. The molecular weight excluding hydrogens is 232 g/mol. The van der Waals surface area contributed by atoms with E-state index in [0.29, 0.717) is 5.92 Å². The van der Waals surface area contributed by atoms with Gasteiger partial charge >= 0.3 is 6.09 Å². The Morgan fingerprint density at radius 3 is 2.00 bits per heavy atom. The quantitative estimate of drug-likeness (QED) is 0.765. The minimum Gasteiger partial charge on any atom is -0.453 e. The maximum atomic E-state index is 12.0. The van der Waals surface area contributed by atoms with E-state index in [9.17, 15) is 9.59 Å². The van der Waals surface area contributed by atoms with Crippen molar-refractivity contribution in [3.05, 3.63) is 0 Å². The number of methoxy groups -OCH3 is 1. The molecule has 0 unspecified atom stereocenters. The van der Waals surface area contributed by atoms with Gasteiger partial charge in [-0.25, -0.2) is 4.79 Å². The van der Waals surface area contributed by atoms with Gasteiger partial charge in [-0.15, -0.1) is 0 Å². The van der Waals surface area contributed by atoms with Gasteiger partial charge in [-0.2, -0.15) is 0 Å². The molecule has 0 radical (unpaired) electrons. The molecule has 2 amide bonds. The number of rotatable bonds is 6. The summed E-state index contributed by atoms with van der Waals surface area (Å²) >= 11 is 0. The number of hydrogen-bond acceptors (Lipinski definition) is 3. The molecule has 0 fully saturated rings. The molecule has 0 saturated heterocycles. The van der Waals surface area contributed by atoms with Crippen LogP contribution in [0.1, 0.15) is 41.0 Å². The molecule has 2 N–H and O–H groups in total. The highest BCUT2D eigenvalue weighted by Gasteiger charge is 2.25. The van der Waals surface area contributed by atoms with Crippen LogP contribution in [0.25, 0.3) is 0 Å². The van der Waals surface area contributed by atoms with Gasteiger partial charge in [0.2, 0.25) is 5.91 Å². The van der Waals surface area contributed by atoms with Gasteiger partial charge in [0.05, 0.1) is 7.11 Å². The summed E-state index contributed by atoms with van der Waals surface area (Å²) in [6, 6.07) is -0.467. The van der Waals surface area contributed by atoms with Crippen LogP contribution in [0.5, 0.6) is 0 Å². The van der Waals surface area contributed by atoms with E-state index >= 15 is 0 Å². The van der Waals surface area contributed by atoms with Gasteiger partial charge in [0.25, 0.3) is 0 Å². The first-order valence-electron chi connectivity index (χ1n) is 6.42. The van der Waals surface area contributed by atoms with E-state index in [-0.39, 0.29) is 17.9 Å². The molecule has 0 aromatic rings. The van der Waals surface area contributed by atoms with Gasteiger partial charge in [0.15, 0.2) is 0 Å². The maximum Gasteiger partial charge on any atom is 0.407 e. The van der Waals surface area contributed by atoms with Gasteiger partial charge in [0, 0.05) is 6.04 Å². The van der Waals surface area contributed by atoms with Crippen LogP contribution < -0.4 is 10.6 Å². The summed E-state index contributed by atoms with van der Waals surface area (Å²) in [7, 11) is 1.28. The number of amides is 2. The first kappa shape index (κ1) is 16.7. The van der Waals surface area contributed by atoms with Crippen LogP contribution in [0, 0.1) is 11.8 Å². The topological polar surface area (TPSA) is 67.4 Å². The Kier molecular flexibility index (Phi) is 7.39. The summed E-state index contributed by atoms with van der Waals surface area (Å²) in [6.07, 6.45) is 0.328. The first-order chi connectivity index (χ1) is 8.27. The molecule has 0 aliphatic carbocycles. The van der Waals surface area contributed by atoms with Crippen molar-refractivity contribution in [3.63, 3.8) is 0 Å². The number of nitrogens with one attached hydrogen (secondary N) is 2. The van der Waals surface area contributed by atoms with E-state index in [1.54, 1.807) is 0 Å². The third-order valence-corrected chi connectivity index (χ3v) is 2.62. The molecule has 0 rings (SSSR count). The minimum atomic E-state index is -0.583. The summed E-state index contributed by atoms with van der Waals surface area (Å²) in [5.41, 5.74) is 0. The van der Waals surface area contributed by atoms with Crippen molar-refractivity contribution in [1.29, 1.82) is 0 Å². The maximum absolute atomic E-state index is 12.0. The molecule has 0 spiro atoms. The lowest BCUT2D eigenvalue weighted by molar-refractivity contribution is -0.124. The molecule has 106 valence electrons. The van der Waals surface area contributed by atoms with Crippen molar-refractivity contribution in [2.24, 2.45) is 11.8 Å². The third-order valence-electron chi connectivity index (χ3n) is 2.62. The third kappa shape index (κ3) is 6.47. The van der Waals surface area contributed by atoms with Crippen molar-refractivity contribution in [2.45, 2.75) is 53.1 Å². The predicted octanol–water partition coefficient (Wildman–Crippen LogP) is 1.92. The number of ether oxygens (including phenoxy) is 1. The molecule has 2 atom stereocenters. The lowest BCUT2D eigenvalue weighted by Gasteiger charge is -2.24. The zero-order valence-corrected chi connectivity index (χ0v) is 12.2. The largest absolute Gasteiger partial charge is 0.453 e. The molecule has 0 aromatic heterocycles. The number of carbonyl (C=O) groups is 2. The summed E-state index contributed by atoms with van der Waals surface area (Å²) in [5, 5.41) is 5.46. The number of carbonyl (C=O) groups excluding carboxylic acids is 2. The molecule has 0 aliphatic heterocycles. The molecule has 5 heteroatoms. The highest BCUT2D eigenvalue weighted by atomic mass is 16.5. The van der Waals surface area contributed by atoms with Crippen LogP contribution >= 0.6 is 0 Å². The van der Waals surface area contributed by atoms with Crippen molar-refractivity contribution in [1.82, 2.24) is 10.6 Å². The van der Waals surface area contributed by atoms with Crippen LogP contribution in [-0.4, -0.2) is 31.2 Å². The van der Waals surface area contributed by atoms with Crippen molar-refractivity contribution < 1.29 is 14.3 Å².